The second kappa shape index (κ2) is 7.92. The van der Waals surface area contributed by atoms with Crippen molar-refractivity contribution >= 4 is 48.6 Å². The van der Waals surface area contributed by atoms with Gasteiger partial charge < -0.3 is 10.4 Å². The molecular weight excluding hydrogens is 502 g/mol. The second-order valence-corrected chi connectivity index (χ2v) is 12.4. The highest BCUT2D eigenvalue weighted by Gasteiger charge is 2.32. The highest BCUT2D eigenvalue weighted by molar-refractivity contribution is 7.92. The molecule has 11 nitrogen and oxygen atoms in total. The van der Waals surface area contributed by atoms with Gasteiger partial charge in [0.15, 0.2) is 11.6 Å². The van der Waals surface area contributed by atoms with Crippen LogP contribution in [0.2, 0.25) is 0 Å². The Bertz CT molecular complexity index is 1600. The molecule has 0 spiro atoms. The lowest BCUT2D eigenvalue weighted by Crippen LogP contribution is -2.34. The number of fused-ring (bicyclic) bond motifs is 1. The van der Waals surface area contributed by atoms with E-state index in [0.29, 0.717) is 17.3 Å². The zero-order valence-electron chi connectivity index (χ0n) is 17.7. The van der Waals surface area contributed by atoms with Crippen molar-refractivity contribution in [2.45, 2.75) is 24.3 Å². The molecule has 0 unspecified atom stereocenters. The third kappa shape index (κ3) is 4.31. The van der Waals surface area contributed by atoms with Crippen LogP contribution in [-0.2, 0) is 26.6 Å². The van der Waals surface area contributed by atoms with E-state index in [-0.39, 0.29) is 33.4 Å². The van der Waals surface area contributed by atoms with Gasteiger partial charge >= 0.3 is 0 Å². The molecule has 0 amide bonds. The van der Waals surface area contributed by atoms with Crippen LogP contribution in [0.3, 0.4) is 0 Å². The van der Waals surface area contributed by atoms with Crippen LogP contribution in [0.4, 0.5) is 11.4 Å². The number of sulfonamides is 2. The third-order valence-corrected chi connectivity index (χ3v) is 8.08. The van der Waals surface area contributed by atoms with Crippen LogP contribution in [0.1, 0.15) is 18.4 Å². The number of nitrogens with zero attached hydrogens (tertiary/aromatic N) is 3. The molecular formula is C20H19N5O6S3. The maximum Gasteiger partial charge on any atom is 0.286 e. The van der Waals surface area contributed by atoms with Gasteiger partial charge in [-0.1, -0.05) is 6.07 Å². The minimum Gasteiger partial charge on any atom is -0.505 e. The summed E-state index contributed by atoms with van der Waals surface area (Å²) in [5, 5.41) is 19.9. The molecule has 14 heteroatoms. The Morgan fingerprint density at radius 1 is 1.29 bits per heavy atom. The van der Waals surface area contributed by atoms with E-state index in [1.54, 1.807) is 17.5 Å². The molecule has 2 aromatic heterocycles. The number of rotatable bonds is 6. The topological polar surface area (TPSA) is 160 Å². The van der Waals surface area contributed by atoms with Gasteiger partial charge in [0, 0.05) is 12.2 Å². The Balaban J connectivity index is 1.65. The SMILES string of the molecule is CS(=O)(=O)Nc1ccc2c(c1)S(=O)(=O)N=C(c1c(O)c(-c3cccs3)nn(CC3CC3)c1=O)N2. The van der Waals surface area contributed by atoms with E-state index in [0.717, 1.165) is 25.2 Å². The average molecular weight is 522 g/mol. The lowest BCUT2D eigenvalue weighted by molar-refractivity contribution is 0.456. The molecule has 3 aromatic rings. The van der Waals surface area contributed by atoms with Gasteiger partial charge in [-0.25, -0.2) is 13.1 Å². The molecule has 1 aliphatic heterocycles. The first-order valence-electron chi connectivity index (χ1n) is 10.1. The van der Waals surface area contributed by atoms with Gasteiger partial charge in [-0.3, -0.25) is 9.52 Å². The van der Waals surface area contributed by atoms with E-state index in [1.165, 1.54) is 28.2 Å². The van der Waals surface area contributed by atoms with E-state index in [4.69, 9.17) is 0 Å². The average Bonchev–Trinajstić information content (AvgIpc) is 3.39. The Morgan fingerprint density at radius 2 is 2.06 bits per heavy atom. The fourth-order valence-corrected chi connectivity index (χ4v) is 5.98. The summed E-state index contributed by atoms with van der Waals surface area (Å²) in [6.07, 6.45) is 2.87. The molecule has 1 fully saturated rings. The number of hydrogen-bond acceptors (Lipinski definition) is 9. The van der Waals surface area contributed by atoms with Crippen molar-refractivity contribution < 1.29 is 21.9 Å². The largest absolute Gasteiger partial charge is 0.505 e. The fourth-order valence-electron chi connectivity index (χ4n) is 3.57. The summed E-state index contributed by atoms with van der Waals surface area (Å²) in [6, 6.07) is 7.38. The van der Waals surface area contributed by atoms with Crippen molar-refractivity contribution in [1.29, 1.82) is 0 Å². The summed E-state index contributed by atoms with van der Waals surface area (Å²) in [5.74, 6) is -0.506. The lowest BCUT2D eigenvalue weighted by Gasteiger charge is -2.20. The summed E-state index contributed by atoms with van der Waals surface area (Å²) in [6.45, 7) is 0.349. The maximum atomic E-state index is 13.3. The van der Waals surface area contributed by atoms with E-state index < -0.39 is 31.4 Å². The number of amidine groups is 1. The highest BCUT2D eigenvalue weighted by Crippen LogP contribution is 2.36. The van der Waals surface area contributed by atoms with Gasteiger partial charge in [-0.15, -0.1) is 15.7 Å². The van der Waals surface area contributed by atoms with E-state index in [2.05, 4.69) is 19.5 Å². The van der Waals surface area contributed by atoms with E-state index in [9.17, 15) is 26.7 Å². The van der Waals surface area contributed by atoms with Crippen LogP contribution in [0.5, 0.6) is 5.75 Å². The standard InChI is InChI=1S/C20H19N5O6S3/c1-33(28,29)23-12-6-7-13-15(9-12)34(30,31)24-19(21-13)16-18(26)17(14-3-2-8-32-14)22-25(20(16)27)10-11-4-5-11/h2-3,6-9,11,23,26H,4-5,10H2,1H3,(H,21,24). The van der Waals surface area contributed by atoms with Crippen LogP contribution < -0.4 is 15.6 Å². The number of thiophene rings is 1. The summed E-state index contributed by atoms with van der Waals surface area (Å²) in [7, 11) is -7.95. The van der Waals surface area contributed by atoms with Crippen molar-refractivity contribution in [2.75, 3.05) is 16.3 Å². The molecule has 0 bridgehead atoms. The first-order valence-corrected chi connectivity index (χ1v) is 14.3. The van der Waals surface area contributed by atoms with Gasteiger partial charge in [0.2, 0.25) is 10.0 Å². The molecule has 3 heterocycles. The van der Waals surface area contributed by atoms with Crippen molar-refractivity contribution in [3.8, 4) is 16.3 Å². The molecule has 5 rings (SSSR count). The summed E-state index contributed by atoms with van der Waals surface area (Å²) < 4.78 is 56.2. The van der Waals surface area contributed by atoms with Crippen LogP contribution in [0, 0.1) is 5.92 Å². The monoisotopic (exact) mass is 521 g/mol. The maximum absolute atomic E-state index is 13.3. The Kier molecular flexibility index (Phi) is 5.26. The summed E-state index contributed by atoms with van der Waals surface area (Å²) in [5.41, 5.74) is -0.669. The van der Waals surface area contributed by atoms with Gasteiger partial charge in [-0.2, -0.15) is 13.5 Å². The number of benzene rings is 1. The van der Waals surface area contributed by atoms with Crippen LogP contribution in [-0.4, -0.2) is 43.8 Å². The van der Waals surface area contributed by atoms with Gasteiger partial charge in [0.1, 0.15) is 16.2 Å². The minimum atomic E-state index is -4.33. The van der Waals surface area contributed by atoms with Crippen LogP contribution >= 0.6 is 11.3 Å². The smallest absolute Gasteiger partial charge is 0.286 e. The Morgan fingerprint density at radius 3 is 2.71 bits per heavy atom. The van der Waals surface area contributed by atoms with Gasteiger partial charge in [0.25, 0.3) is 15.6 Å². The van der Waals surface area contributed by atoms with Crippen molar-refractivity contribution in [2.24, 2.45) is 10.3 Å². The quantitative estimate of drug-likeness (QED) is 0.444. The fraction of sp³-hybridized carbons (Fsp3) is 0.250. The molecule has 1 saturated carbocycles. The van der Waals surface area contributed by atoms with Crippen molar-refractivity contribution in [3.05, 3.63) is 51.6 Å². The number of nitrogens with one attached hydrogen (secondary N) is 2. The van der Waals surface area contributed by atoms with Crippen LogP contribution in [0.15, 0.2) is 49.8 Å². The molecule has 0 atom stereocenters. The molecule has 3 N–H and O–H groups in total. The van der Waals surface area contributed by atoms with Crippen molar-refractivity contribution in [3.63, 3.8) is 0 Å². The van der Waals surface area contributed by atoms with Crippen molar-refractivity contribution in [1.82, 2.24) is 9.78 Å². The third-order valence-electron chi connectivity index (χ3n) is 5.28. The normalized spacial score (nSPS) is 16.9. The zero-order valence-corrected chi connectivity index (χ0v) is 20.2. The molecule has 178 valence electrons. The lowest BCUT2D eigenvalue weighted by atomic mass is 10.1. The molecule has 34 heavy (non-hydrogen) atoms. The zero-order chi connectivity index (χ0) is 24.3. The first kappa shape index (κ1) is 22.6. The summed E-state index contributed by atoms with van der Waals surface area (Å²) in [4.78, 5) is 13.6. The molecule has 1 aromatic carbocycles. The molecule has 0 radical (unpaired) electrons. The number of aromatic nitrogens is 2. The Labute approximate surface area is 198 Å². The molecule has 2 aliphatic rings. The summed E-state index contributed by atoms with van der Waals surface area (Å²) >= 11 is 1.32. The minimum absolute atomic E-state index is 0.0452. The number of hydrogen-bond donors (Lipinski definition) is 3. The van der Waals surface area contributed by atoms with E-state index in [1.807, 2.05) is 0 Å². The number of anilines is 2. The Hall–Kier alpha value is -3.23. The van der Waals surface area contributed by atoms with Gasteiger partial charge in [-0.05, 0) is 48.4 Å². The molecule has 1 aliphatic carbocycles. The predicted molar refractivity (Wildman–Crippen MR) is 128 cm³/mol. The highest BCUT2D eigenvalue weighted by atomic mass is 32.2. The second-order valence-electron chi connectivity index (χ2n) is 8.11. The van der Waals surface area contributed by atoms with Gasteiger partial charge in [0.05, 0.1) is 16.8 Å². The first-order chi connectivity index (χ1) is 16.0. The number of aromatic hydroxyl groups is 1. The molecule has 0 saturated heterocycles. The van der Waals surface area contributed by atoms with Crippen LogP contribution in [0.25, 0.3) is 10.6 Å². The van der Waals surface area contributed by atoms with E-state index >= 15 is 0 Å². The predicted octanol–water partition coefficient (Wildman–Crippen LogP) is 2.02.